The quantitative estimate of drug-likeness (QED) is 0.720. The van der Waals surface area contributed by atoms with Gasteiger partial charge in [-0.3, -0.25) is 19.4 Å². The molecule has 4 rings (SSSR count). The van der Waals surface area contributed by atoms with Gasteiger partial charge in [-0.05, 0) is 57.1 Å². The summed E-state index contributed by atoms with van der Waals surface area (Å²) < 4.78 is 16.8. The first-order valence-corrected chi connectivity index (χ1v) is 10.7. The van der Waals surface area contributed by atoms with Gasteiger partial charge in [0, 0.05) is 18.1 Å². The van der Waals surface area contributed by atoms with E-state index in [2.05, 4.69) is 10.1 Å². The van der Waals surface area contributed by atoms with Crippen molar-refractivity contribution in [2.45, 2.75) is 44.1 Å². The highest BCUT2D eigenvalue weighted by Gasteiger charge is 2.55. The number of nitrogens with zero attached hydrogens (tertiary/aromatic N) is 5. The minimum Gasteiger partial charge on any atom is -0.368 e. The van der Waals surface area contributed by atoms with E-state index >= 15 is 4.39 Å². The topological polar surface area (TPSA) is 97.3 Å². The molecule has 2 N–H and O–H groups in total. The second-order valence-electron chi connectivity index (χ2n) is 8.59. The van der Waals surface area contributed by atoms with Crippen LogP contribution in [-0.4, -0.2) is 74.1 Å². The van der Waals surface area contributed by atoms with E-state index in [1.807, 2.05) is 18.9 Å². The third-order valence-electron chi connectivity index (χ3n) is 6.74. The summed E-state index contributed by atoms with van der Waals surface area (Å²) in [6.07, 6.45) is 2.97. The van der Waals surface area contributed by atoms with Crippen LogP contribution in [-0.2, 0) is 16.1 Å². The van der Waals surface area contributed by atoms with E-state index in [-0.39, 0.29) is 18.9 Å². The van der Waals surface area contributed by atoms with E-state index in [4.69, 9.17) is 17.3 Å². The molecule has 3 heterocycles. The van der Waals surface area contributed by atoms with Crippen molar-refractivity contribution >= 4 is 23.3 Å². The zero-order chi connectivity index (χ0) is 22.3. The number of Topliss-reactive ketones (excluding diaryl/α,β-unsaturated/α-hetero) is 1. The second kappa shape index (κ2) is 8.29. The minimum absolute atomic E-state index is 0.0624. The summed E-state index contributed by atoms with van der Waals surface area (Å²) in [7, 11) is 1.86. The monoisotopic (exact) mass is 448 g/mol. The van der Waals surface area contributed by atoms with E-state index in [1.165, 1.54) is 6.33 Å². The average Bonchev–Trinajstić information content (AvgIpc) is 3.42. The molecule has 2 unspecified atom stereocenters. The molecule has 0 radical (unpaired) electrons. The molecule has 4 atom stereocenters. The molecule has 2 saturated heterocycles. The van der Waals surface area contributed by atoms with Crippen LogP contribution < -0.4 is 5.73 Å². The van der Waals surface area contributed by atoms with E-state index in [1.54, 1.807) is 34.1 Å². The Labute approximate surface area is 185 Å². The molecule has 31 heavy (non-hydrogen) atoms. The Morgan fingerprint density at radius 1 is 1.39 bits per heavy atom. The molecule has 0 aliphatic carbocycles. The first-order chi connectivity index (χ1) is 14.7. The summed E-state index contributed by atoms with van der Waals surface area (Å²) in [6.45, 7) is 2.73. The molecule has 1 aromatic carbocycles. The van der Waals surface area contributed by atoms with Crippen molar-refractivity contribution < 1.29 is 14.0 Å². The fourth-order valence-electron chi connectivity index (χ4n) is 4.93. The summed E-state index contributed by atoms with van der Waals surface area (Å²) in [4.78, 5) is 33.4. The van der Waals surface area contributed by atoms with Crippen molar-refractivity contribution in [3.05, 3.63) is 41.4 Å². The molecule has 0 saturated carbocycles. The van der Waals surface area contributed by atoms with Crippen LogP contribution in [0.25, 0.3) is 5.69 Å². The van der Waals surface area contributed by atoms with Crippen LogP contribution >= 0.6 is 11.6 Å². The van der Waals surface area contributed by atoms with E-state index in [0.717, 1.165) is 18.5 Å². The number of likely N-dealkylation sites (N-methyl/N-ethyl adjacent to an activating group) is 1. The number of rotatable bonds is 6. The largest absolute Gasteiger partial charge is 0.368 e. The van der Waals surface area contributed by atoms with Gasteiger partial charge in [-0.2, -0.15) is 5.10 Å². The average molecular weight is 449 g/mol. The highest BCUT2D eigenvalue weighted by molar-refractivity contribution is 6.30. The number of likely N-dealkylation sites (tertiary alicyclic amines) is 2. The number of amides is 1. The van der Waals surface area contributed by atoms with Crippen LogP contribution in [0.15, 0.2) is 30.9 Å². The number of carbonyl (C=O) groups is 2. The number of hydrogen-bond donors (Lipinski definition) is 1. The van der Waals surface area contributed by atoms with E-state index < -0.39 is 29.6 Å². The summed E-state index contributed by atoms with van der Waals surface area (Å²) in [5, 5.41) is 4.65. The van der Waals surface area contributed by atoms with Crippen LogP contribution in [0.2, 0.25) is 5.02 Å². The smallest absolute Gasteiger partial charge is 0.235 e. The van der Waals surface area contributed by atoms with Gasteiger partial charge < -0.3 is 5.73 Å². The highest BCUT2D eigenvalue weighted by atomic mass is 35.5. The second-order valence-corrected chi connectivity index (χ2v) is 9.03. The lowest BCUT2D eigenvalue weighted by molar-refractivity contribution is -0.138. The molecule has 0 spiro atoms. The molecular weight excluding hydrogens is 423 g/mol. The van der Waals surface area contributed by atoms with Gasteiger partial charge in [-0.25, -0.2) is 14.1 Å². The number of nitrogens with two attached hydrogens (primary N) is 1. The predicted molar refractivity (Wildman–Crippen MR) is 113 cm³/mol. The van der Waals surface area contributed by atoms with Gasteiger partial charge in [0.1, 0.15) is 24.9 Å². The first kappa shape index (κ1) is 21.9. The van der Waals surface area contributed by atoms with Crippen molar-refractivity contribution in [1.82, 2.24) is 24.6 Å². The lowest BCUT2D eigenvalue weighted by Gasteiger charge is -2.35. The van der Waals surface area contributed by atoms with Gasteiger partial charge in [0.05, 0.1) is 17.1 Å². The number of ketones is 1. The number of benzene rings is 1. The number of halogens is 2. The zero-order valence-electron chi connectivity index (χ0n) is 17.5. The maximum Gasteiger partial charge on any atom is 0.235 e. The number of carbonyl (C=O) groups excluding carboxylic acids is 2. The lowest BCUT2D eigenvalue weighted by Crippen LogP contribution is -2.55. The third-order valence-corrected chi connectivity index (χ3v) is 6.97. The summed E-state index contributed by atoms with van der Waals surface area (Å²) in [5.41, 5.74) is 6.35. The van der Waals surface area contributed by atoms with Gasteiger partial charge in [0.15, 0.2) is 5.78 Å². The van der Waals surface area contributed by atoms with Crippen LogP contribution in [0, 0.1) is 5.92 Å². The van der Waals surface area contributed by atoms with Gasteiger partial charge in [-0.15, -0.1) is 0 Å². The van der Waals surface area contributed by atoms with Crippen molar-refractivity contribution in [3.63, 3.8) is 0 Å². The molecule has 10 heteroatoms. The minimum atomic E-state index is -1.48. The predicted octanol–water partition coefficient (Wildman–Crippen LogP) is 1.60. The van der Waals surface area contributed by atoms with Crippen LogP contribution in [0.1, 0.15) is 25.3 Å². The highest BCUT2D eigenvalue weighted by Crippen LogP contribution is 2.38. The fourth-order valence-corrected chi connectivity index (χ4v) is 5.12. The molecule has 1 amide bonds. The SMILES string of the molecule is CN1CCC[C@]1(C)C(=O)C1C(C(N)=O)N(Cc2cc(Cl)ccc2-n2cncn2)C[C@@H]1F. The number of hydrogen-bond acceptors (Lipinski definition) is 6. The molecule has 0 bridgehead atoms. The van der Waals surface area contributed by atoms with Gasteiger partial charge in [-0.1, -0.05) is 11.6 Å². The van der Waals surface area contributed by atoms with Crippen molar-refractivity contribution in [2.24, 2.45) is 11.7 Å². The van der Waals surface area contributed by atoms with Crippen molar-refractivity contribution in [2.75, 3.05) is 20.1 Å². The van der Waals surface area contributed by atoms with Crippen LogP contribution in [0.3, 0.4) is 0 Å². The Kier molecular flexibility index (Phi) is 5.85. The molecule has 2 aliphatic rings. The molecule has 8 nitrogen and oxygen atoms in total. The first-order valence-electron chi connectivity index (χ1n) is 10.3. The summed E-state index contributed by atoms with van der Waals surface area (Å²) in [5.74, 6) is -2.06. The standard InChI is InChI=1S/C21H26ClFN6O2/c1-21(6-3-7-27(21)2)19(30)17-15(23)10-28(18(17)20(24)31)9-13-8-14(22)4-5-16(13)29-12-25-11-26-29/h4-5,8,11-12,15,17-18H,3,6-7,9-10H2,1-2H3,(H2,24,31)/t15-,17?,18?,21+/m0/s1. The van der Waals surface area contributed by atoms with Gasteiger partial charge in [0.2, 0.25) is 5.91 Å². The van der Waals surface area contributed by atoms with E-state index in [9.17, 15) is 9.59 Å². The zero-order valence-corrected chi connectivity index (χ0v) is 18.3. The fraction of sp³-hybridized carbons (Fsp3) is 0.524. The Morgan fingerprint density at radius 3 is 2.77 bits per heavy atom. The lowest BCUT2D eigenvalue weighted by atomic mass is 9.80. The Morgan fingerprint density at radius 2 is 2.16 bits per heavy atom. The Balaban J connectivity index is 1.65. The summed E-state index contributed by atoms with van der Waals surface area (Å²) >= 11 is 6.20. The van der Waals surface area contributed by atoms with Crippen LogP contribution in [0.5, 0.6) is 0 Å². The Bertz CT molecular complexity index is 986. The van der Waals surface area contributed by atoms with Crippen LogP contribution in [0.4, 0.5) is 4.39 Å². The molecular formula is C21H26ClFN6O2. The number of aromatic nitrogens is 3. The molecule has 166 valence electrons. The molecule has 2 fully saturated rings. The Hall–Kier alpha value is -2.36. The number of primary amides is 1. The molecule has 1 aromatic heterocycles. The van der Waals surface area contributed by atoms with Crippen molar-refractivity contribution in [1.29, 1.82) is 0 Å². The third kappa shape index (κ3) is 3.86. The van der Waals surface area contributed by atoms with Gasteiger partial charge >= 0.3 is 0 Å². The normalized spacial score (nSPS) is 29.5. The van der Waals surface area contributed by atoms with Gasteiger partial charge in [0.25, 0.3) is 0 Å². The molecule has 2 aliphatic heterocycles. The maximum atomic E-state index is 15.3. The maximum absolute atomic E-state index is 15.3. The van der Waals surface area contributed by atoms with Crippen molar-refractivity contribution in [3.8, 4) is 5.69 Å². The number of alkyl halides is 1. The summed E-state index contributed by atoms with van der Waals surface area (Å²) in [6, 6.07) is 4.21. The van der Waals surface area contributed by atoms with E-state index in [0.29, 0.717) is 17.1 Å². The molecule has 2 aromatic rings.